The van der Waals surface area contributed by atoms with E-state index in [9.17, 15) is 9.59 Å². The highest BCUT2D eigenvalue weighted by atomic mass is 16.2. The second kappa shape index (κ2) is 6.31. The van der Waals surface area contributed by atoms with Gasteiger partial charge in [0, 0.05) is 31.9 Å². The molecule has 3 heterocycles. The van der Waals surface area contributed by atoms with Crippen LogP contribution >= 0.6 is 0 Å². The van der Waals surface area contributed by atoms with Gasteiger partial charge in [0.1, 0.15) is 0 Å². The predicted octanol–water partition coefficient (Wildman–Crippen LogP) is 0.655. The first-order chi connectivity index (χ1) is 12.2. The van der Waals surface area contributed by atoms with E-state index in [0.29, 0.717) is 18.9 Å². The molecule has 3 aromatic rings. The van der Waals surface area contributed by atoms with E-state index < -0.39 is 5.91 Å². The van der Waals surface area contributed by atoms with Gasteiger partial charge < -0.3 is 10.2 Å². The topological polar surface area (TPSA) is 92.5 Å². The van der Waals surface area contributed by atoms with Gasteiger partial charge in [0.2, 0.25) is 11.7 Å². The maximum absolute atomic E-state index is 12.3. The molecule has 0 bridgehead atoms. The van der Waals surface area contributed by atoms with Crippen LogP contribution in [0.5, 0.6) is 0 Å². The summed E-state index contributed by atoms with van der Waals surface area (Å²) in [6, 6.07) is 11.2. The van der Waals surface area contributed by atoms with Crippen molar-refractivity contribution in [3.8, 4) is 0 Å². The Bertz CT molecular complexity index is 890. The van der Waals surface area contributed by atoms with E-state index in [-0.39, 0.29) is 24.2 Å². The molecular formula is C17H16N6O2. The number of benzene rings is 1. The number of aromatic nitrogens is 4. The number of carbonyl (C=O) groups is 2. The zero-order valence-corrected chi connectivity index (χ0v) is 13.4. The van der Waals surface area contributed by atoms with Crippen LogP contribution in [0.15, 0.2) is 48.8 Å². The molecule has 25 heavy (non-hydrogen) atoms. The van der Waals surface area contributed by atoms with Gasteiger partial charge in [-0.05, 0) is 11.6 Å². The molecule has 0 spiro atoms. The number of hydrogen-bond donors (Lipinski definition) is 1. The summed E-state index contributed by atoms with van der Waals surface area (Å²) in [6.45, 7) is 1.02. The van der Waals surface area contributed by atoms with Crippen LogP contribution in [0.25, 0.3) is 5.78 Å². The molecule has 0 radical (unpaired) electrons. The molecule has 1 fully saturated rings. The number of rotatable bonds is 4. The van der Waals surface area contributed by atoms with E-state index >= 15 is 0 Å². The Kier molecular flexibility index (Phi) is 3.85. The van der Waals surface area contributed by atoms with Crippen molar-refractivity contribution in [3.05, 3.63) is 60.2 Å². The summed E-state index contributed by atoms with van der Waals surface area (Å²) in [5.74, 6) is 0.0390. The van der Waals surface area contributed by atoms with Crippen LogP contribution in [0.2, 0.25) is 0 Å². The molecule has 0 aliphatic carbocycles. The molecule has 1 aliphatic heterocycles. The highest BCUT2D eigenvalue weighted by Gasteiger charge is 2.31. The molecule has 2 amide bonds. The molecule has 1 atom stereocenters. The standard InChI is InChI=1S/C17H16N6O2/c24-14-9-13(11-22(14)10-12-5-2-1-3-6-12)19-16(25)15-20-17-18-7-4-8-23(17)21-15/h1-8,13H,9-11H2,(H,19,25)/t13-/m1/s1. The number of likely N-dealkylation sites (tertiary alicyclic amines) is 1. The van der Waals surface area contributed by atoms with Crippen molar-refractivity contribution in [3.63, 3.8) is 0 Å². The number of amides is 2. The van der Waals surface area contributed by atoms with Crippen molar-refractivity contribution >= 4 is 17.6 Å². The van der Waals surface area contributed by atoms with E-state index in [1.54, 1.807) is 23.4 Å². The zero-order chi connectivity index (χ0) is 17.2. The van der Waals surface area contributed by atoms with Gasteiger partial charge in [0.05, 0.1) is 6.04 Å². The number of nitrogens with one attached hydrogen (secondary N) is 1. The summed E-state index contributed by atoms with van der Waals surface area (Å²) in [6.07, 6.45) is 3.54. The summed E-state index contributed by atoms with van der Waals surface area (Å²) in [7, 11) is 0. The lowest BCUT2D eigenvalue weighted by Gasteiger charge is -2.16. The number of nitrogens with zero attached hydrogens (tertiary/aromatic N) is 5. The van der Waals surface area contributed by atoms with Crippen LogP contribution in [0, 0.1) is 0 Å². The fraction of sp³-hybridized carbons (Fsp3) is 0.235. The molecule has 1 N–H and O–H groups in total. The smallest absolute Gasteiger partial charge is 0.291 e. The number of fused-ring (bicyclic) bond motifs is 1. The molecule has 1 aromatic carbocycles. The third-order valence-electron chi connectivity index (χ3n) is 4.09. The fourth-order valence-electron chi connectivity index (χ4n) is 2.90. The van der Waals surface area contributed by atoms with Crippen LogP contribution in [0.3, 0.4) is 0 Å². The minimum Gasteiger partial charge on any atom is -0.344 e. The van der Waals surface area contributed by atoms with E-state index in [4.69, 9.17) is 0 Å². The van der Waals surface area contributed by atoms with E-state index in [1.807, 2.05) is 30.3 Å². The molecule has 0 unspecified atom stereocenters. The molecule has 8 heteroatoms. The van der Waals surface area contributed by atoms with Crippen molar-refractivity contribution in [2.75, 3.05) is 6.54 Å². The second-order valence-corrected chi connectivity index (χ2v) is 5.93. The Labute approximate surface area is 143 Å². The average Bonchev–Trinajstić information content (AvgIpc) is 3.19. The van der Waals surface area contributed by atoms with Crippen LogP contribution in [0.1, 0.15) is 22.6 Å². The van der Waals surface area contributed by atoms with Gasteiger partial charge in [-0.3, -0.25) is 9.59 Å². The molecular weight excluding hydrogens is 320 g/mol. The van der Waals surface area contributed by atoms with Gasteiger partial charge in [-0.25, -0.2) is 9.50 Å². The van der Waals surface area contributed by atoms with Crippen molar-refractivity contribution in [1.29, 1.82) is 0 Å². The molecule has 2 aromatic heterocycles. The molecule has 0 saturated carbocycles. The van der Waals surface area contributed by atoms with E-state index in [2.05, 4.69) is 20.4 Å². The minimum atomic E-state index is -0.398. The molecule has 126 valence electrons. The lowest BCUT2D eigenvalue weighted by atomic mass is 10.2. The Balaban J connectivity index is 1.41. The highest BCUT2D eigenvalue weighted by molar-refractivity contribution is 5.92. The second-order valence-electron chi connectivity index (χ2n) is 5.93. The van der Waals surface area contributed by atoms with Crippen molar-refractivity contribution < 1.29 is 9.59 Å². The van der Waals surface area contributed by atoms with Crippen molar-refractivity contribution in [2.24, 2.45) is 0 Å². The van der Waals surface area contributed by atoms with E-state index in [0.717, 1.165) is 5.56 Å². The third kappa shape index (κ3) is 3.18. The van der Waals surface area contributed by atoms with Gasteiger partial charge in [-0.2, -0.15) is 4.98 Å². The van der Waals surface area contributed by atoms with Crippen molar-refractivity contribution in [1.82, 2.24) is 29.8 Å². The maximum Gasteiger partial charge on any atom is 0.291 e. The highest BCUT2D eigenvalue weighted by Crippen LogP contribution is 2.15. The Hall–Kier alpha value is -3.29. The first-order valence-corrected chi connectivity index (χ1v) is 7.99. The Morgan fingerprint density at radius 1 is 1.24 bits per heavy atom. The van der Waals surface area contributed by atoms with Gasteiger partial charge in [-0.15, -0.1) is 5.10 Å². The minimum absolute atomic E-state index is 0.0266. The number of carbonyl (C=O) groups excluding carboxylic acids is 2. The maximum atomic E-state index is 12.3. The molecule has 1 aliphatic rings. The molecule has 4 rings (SSSR count). The third-order valence-corrected chi connectivity index (χ3v) is 4.09. The molecule has 8 nitrogen and oxygen atoms in total. The summed E-state index contributed by atoms with van der Waals surface area (Å²) < 4.78 is 1.44. The van der Waals surface area contributed by atoms with Gasteiger partial charge >= 0.3 is 0 Å². The SMILES string of the molecule is O=C(N[C@@H]1CC(=O)N(Cc2ccccc2)C1)c1nc2ncccn2n1. The number of hydrogen-bond acceptors (Lipinski definition) is 5. The normalized spacial score (nSPS) is 17.2. The Morgan fingerprint density at radius 3 is 2.88 bits per heavy atom. The van der Waals surface area contributed by atoms with Crippen LogP contribution in [-0.4, -0.2) is 48.9 Å². The summed E-state index contributed by atoms with van der Waals surface area (Å²) >= 11 is 0. The van der Waals surface area contributed by atoms with Gasteiger partial charge in [-0.1, -0.05) is 30.3 Å². The Morgan fingerprint density at radius 2 is 2.08 bits per heavy atom. The zero-order valence-electron chi connectivity index (χ0n) is 13.4. The summed E-state index contributed by atoms with van der Waals surface area (Å²) in [4.78, 5) is 34.4. The monoisotopic (exact) mass is 336 g/mol. The largest absolute Gasteiger partial charge is 0.344 e. The lowest BCUT2D eigenvalue weighted by molar-refractivity contribution is -0.128. The van der Waals surface area contributed by atoms with Gasteiger partial charge in [0.25, 0.3) is 11.7 Å². The van der Waals surface area contributed by atoms with Crippen LogP contribution in [-0.2, 0) is 11.3 Å². The predicted molar refractivity (Wildman–Crippen MR) is 88.5 cm³/mol. The van der Waals surface area contributed by atoms with Crippen LogP contribution in [0.4, 0.5) is 0 Å². The van der Waals surface area contributed by atoms with Gasteiger partial charge in [0.15, 0.2) is 0 Å². The molecule has 1 saturated heterocycles. The fourth-order valence-corrected chi connectivity index (χ4v) is 2.90. The first kappa shape index (κ1) is 15.3. The summed E-state index contributed by atoms with van der Waals surface area (Å²) in [5, 5.41) is 6.93. The average molecular weight is 336 g/mol. The van der Waals surface area contributed by atoms with Crippen LogP contribution < -0.4 is 5.32 Å². The lowest BCUT2D eigenvalue weighted by Crippen LogP contribution is -2.37. The van der Waals surface area contributed by atoms with Crippen molar-refractivity contribution in [2.45, 2.75) is 19.0 Å². The van der Waals surface area contributed by atoms with E-state index in [1.165, 1.54) is 4.52 Å². The quantitative estimate of drug-likeness (QED) is 0.755. The summed E-state index contributed by atoms with van der Waals surface area (Å²) in [5.41, 5.74) is 1.07. The first-order valence-electron chi connectivity index (χ1n) is 7.99.